The summed E-state index contributed by atoms with van der Waals surface area (Å²) in [5.74, 6) is -0.518. The Morgan fingerprint density at radius 3 is 2.07 bits per heavy atom. The molecule has 2 aromatic heterocycles. The van der Waals surface area contributed by atoms with Crippen molar-refractivity contribution in [1.29, 1.82) is 5.26 Å². The number of nitrogens with zero attached hydrogens (tertiary/aromatic N) is 3. The molecule has 0 aliphatic carbocycles. The van der Waals surface area contributed by atoms with Gasteiger partial charge in [-0.2, -0.15) is 5.26 Å². The molecule has 29 heavy (non-hydrogen) atoms. The lowest BCUT2D eigenvalue weighted by atomic mass is 9.75. The van der Waals surface area contributed by atoms with Crippen molar-refractivity contribution in [3.8, 4) is 6.07 Å². The fourth-order valence-electron chi connectivity index (χ4n) is 3.67. The summed E-state index contributed by atoms with van der Waals surface area (Å²) in [6.45, 7) is 0. The molecule has 0 saturated carbocycles. The second kappa shape index (κ2) is 8.45. The van der Waals surface area contributed by atoms with Crippen LogP contribution in [0.5, 0.6) is 0 Å². The minimum Gasteiger partial charge on any atom is -0.264 e. The summed E-state index contributed by atoms with van der Waals surface area (Å²) in [6, 6.07) is 26.1. The van der Waals surface area contributed by atoms with Gasteiger partial charge in [0.1, 0.15) is 5.82 Å². The van der Waals surface area contributed by atoms with E-state index in [4.69, 9.17) is 5.26 Å². The first-order chi connectivity index (χ1) is 14.3. The second-order valence-corrected chi connectivity index (χ2v) is 6.78. The smallest absolute Gasteiger partial charge is 0.123 e. The van der Waals surface area contributed by atoms with Gasteiger partial charge in [0.25, 0.3) is 0 Å². The molecule has 0 fully saturated rings. The van der Waals surface area contributed by atoms with E-state index >= 15 is 0 Å². The van der Waals surface area contributed by atoms with Gasteiger partial charge in [-0.3, -0.25) is 9.97 Å². The molecule has 4 rings (SSSR count). The molecular formula is C25H18FN3. The predicted molar refractivity (Wildman–Crippen MR) is 110 cm³/mol. The van der Waals surface area contributed by atoms with Gasteiger partial charge in [-0.05, 0) is 59.2 Å². The molecule has 0 spiro atoms. The first-order valence-electron chi connectivity index (χ1n) is 9.32. The molecule has 0 radical (unpaired) electrons. The van der Waals surface area contributed by atoms with E-state index in [1.54, 1.807) is 12.4 Å². The molecule has 0 amide bonds. The van der Waals surface area contributed by atoms with Crippen LogP contribution in [0.1, 0.15) is 39.8 Å². The zero-order valence-corrected chi connectivity index (χ0v) is 15.6. The number of aromatic nitrogens is 2. The Morgan fingerprint density at radius 2 is 1.45 bits per heavy atom. The van der Waals surface area contributed by atoms with Crippen molar-refractivity contribution < 1.29 is 4.39 Å². The lowest BCUT2D eigenvalue weighted by molar-refractivity contribution is 0.622. The van der Waals surface area contributed by atoms with Gasteiger partial charge in [-0.1, -0.05) is 36.4 Å². The second-order valence-electron chi connectivity index (χ2n) is 6.78. The Morgan fingerprint density at radius 1 is 0.724 bits per heavy atom. The predicted octanol–water partition coefficient (Wildman–Crippen LogP) is 5.45. The lowest BCUT2D eigenvalue weighted by Gasteiger charge is -2.28. The molecule has 2 heterocycles. The van der Waals surface area contributed by atoms with Crippen LogP contribution in [0, 0.1) is 17.1 Å². The van der Waals surface area contributed by atoms with Crippen molar-refractivity contribution in [2.75, 3.05) is 0 Å². The highest BCUT2D eigenvalue weighted by Gasteiger charge is 2.29. The summed E-state index contributed by atoms with van der Waals surface area (Å²) in [5, 5.41) is 9.17. The van der Waals surface area contributed by atoms with Crippen LogP contribution in [0.3, 0.4) is 0 Å². The van der Waals surface area contributed by atoms with Crippen LogP contribution in [0.4, 0.5) is 4.39 Å². The molecule has 0 aliphatic heterocycles. The van der Waals surface area contributed by atoms with Crippen LogP contribution < -0.4 is 0 Å². The number of pyridine rings is 2. The van der Waals surface area contributed by atoms with Crippen LogP contribution >= 0.6 is 0 Å². The Hall–Kier alpha value is -3.84. The topological polar surface area (TPSA) is 49.6 Å². The maximum Gasteiger partial charge on any atom is 0.123 e. The minimum atomic E-state index is -0.273. The van der Waals surface area contributed by atoms with E-state index in [1.165, 1.54) is 12.1 Å². The first-order valence-corrected chi connectivity index (χ1v) is 9.32. The summed E-state index contributed by atoms with van der Waals surface area (Å²) in [4.78, 5) is 8.93. The average molecular weight is 379 g/mol. The van der Waals surface area contributed by atoms with Crippen LogP contribution in [-0.2, 0) is 0 Å². The maximum atomic E-state index is 13.6. The summed E-state index contributed by atoms with van der Waals surface area (Å²) in [7, 11) is 0. The summed E-state index contributed by atoms with van der Waals surface area (Å²) in [6.07, 6.45) is 5.36. The van der Waals surface area contributed by atoms with Crippen LogP contribution in [0.15, 0.2) is 97.5 Å². The van der Waals surface area contributed by atoms with E-state index < -0.39 is 0 Å². The fourth-order valence-corrected chi connectivity index (χ4v) is 3.67. The third-order valence-electron chi connectivity index (χ3n) is 5.01. The molecule has 3 nitrogen and oxygen atoms in total. The highest BCUT2D eigenvalue weighted by Crippen LogP contribution is 2.42. The van der Waals surface area contributed by atoms with Gasteiger partial charge in [0.05, 0.1) is 11.6 Å². The van der Waals surface area contributed by atoms with Crippen LogP contribution in [-0.4, -0.2) is 9.97 Å². The molecule has 2 aromatic carbocycles. The molecule has 0 N–H and O–H groups in total. The van der Waals surface area contributed by atoms with E-state index in [1.807, 2.05) is 72.9 Å². The van der Waals surface area contributed by atoms with E-state index in [9.17, 15) is 4.39 Å². The largest absolute Gasteiger partial charge is 0.264 e. The first kappa shape index (κ1) is 18.5. The quantitative estimate of drug-likeness (QED) is 0.463. The van der Waals surface area contributed by atoms with E-state index in [0.29, 0.717) is 5.56 Å². The molecule has 140 valence electrons. The Labute approximate surface area is 169 Å². The number of nitriles is 1. The van der Waals surface area contributed by atoms with Crippen LogP contribution in [0.25, 0.3) is 0 Å². The van der Waals surface area contributed by atoms with Gasteiger partial charge in [0, 0.05) is 36.1 Å². The lowest BCUT2D eigenvalue weighted by Crippen LogP contribution is -2.16. The third kappa shape index (κ3) is 4.04. The van der Waals surface area contributed by atoms with Crippen molar-refractivity contribution in [2.24, 2.45) is 0 Å². The fraction of sp³-hybridized carbons (Fsp3) is 0.0800. The van der Waals surface area contributed by atoms with E-state index in [-0.39, 0.29) is 17.7 Å². The van der Waals surface area contributed by atoms with Crippen molar-refractivity contribution in [2.45, 2.75) is 11.8 Å². The van der Waals surface area contributed by atoms with Gasteiger partial charge < -0.3 is 0 Å². The summed E-state index contributed by atoms with van der Waals surface area (Å²) >= 11 is 0. The molecule has 0 saturated heterocycles. The van der Waals surface area contributed by atoms with Crippen LogP contribution in [0.2, 0.25) is 0 Å². The normalized spacial score (nSPS) is 12.7. The maximum absolute atomic E-state index is 13.6. The SMILES string of the molecule is N#Cc1ccc(C(c2cccnc2)[C@@H](c2ccc(F)cc2)c2ccccn2)cc1. The highest BCUT2D eigenvalue weighted by atomic mass is 19.1. The van der Waals surface area contributed by atoms with Gasteiger partial charge in [0.15, 0.2) is 0 Å². The Balaban J connectivity index is 1.92. The molecule has 1 unspecified atom stereocenters. The van der Waals surface area contributed by atoms with E-state index in [2.05, 4.69) is 16.0 Å². The number of rotatable bonds is 5. The third-order valence-corrected chi connectivity index (χ3v) is 5.01. The number of hydrogen-bond donors (Lipinski definition) is 0. The van der Waals surface area contributed by atoms with Gasteiger partial charge in [-0.25, -0.2) is 4.39 Å². The van der Waals surface area contributed by atoms with Crippen molar-refractivity contribution in [3.05, 3.63) is 131 Å². The zero-order valence-electron chi connectivity index (χ0n) is 15.6. The number of benzene rings is 2. The van der Waals surface area contributed by atoms with Crippen molar-refractivity contribution in [1.82, 2.24) is 9.97 Å². The zero-order chi connectivity index (χ0) is 20.1. The van der Waals surface area contributed by atoms with Gasteiger partial charge >= 0.3 is 0 Å². The van der Waals surface area contributed by atoms with E-state index in [0.717, 1.165) is 22.4 Å². The molecule has 4 aromatic rings. The van der Waals surface area contributed by atoms with Gasteiger partial charge in [0.2, 0.25) is 0 Å². The average Bonchev–Trinajstić information content (AvgIpc) is 2.79. The molecule has 4 heteroatoms. The Kier molecular flexibility index (Phi) is 5.40. The molecule has 0 bridgehead atoms. The highest BCUT2D eigenvalue weighted by molar-refractivity contribution is 5.44. The van der Waals surface area contributed by atoms with Crippen molar-refractivity contribution >= 4 is 0 Å². The van der Waals surface area contributed by atoms with Crippen molar-refractivity contribution in [3.63, 3.8) is 0 Å². The number of hydrogen-bond acceptors (Lipinski definition) is 3. The summed E-state index contributed by atoms with van der Waals surface area (Å²) < 4.78 is 13.6. The minimum absolute atomic E-state index is 0.100. The molecular weight excluding hydrogens is 361 g/mol. The number of halogens is 1. The standard InChI is InChI=1S/C25H18FN3/c26-22-12-10-20(11-13-22)25(23-5-1-2-15-29-23)24(21-4-3-14-28-17-21)19-8-6-18(16-27)7-9-19/h1-15,17,24-25H/t24?,25-/m0/s1. The Bertz CT molecular complexity index is 1100. The molecule has 0 aliphatic rings. The monoisotopic (exact) mass is 379 g/mol. The molecule has 2 atom stereocenters. The summed E-state index contributed by atoms with van der Waals surface area (Å²) in [5.41, 5.74) is 4.52. The van der Waals surface area contributed by atoms with Gasteiger partial charge in [-0.15, -0.1) is 0 Å².